The Kier molecular flexibility index (Phi) is 16.4. The third-order valence-corrected chi connectivity index (χ3v) is 9.85. The highest BCUT2D eigenvalue weighted by molar-refractivity contribution is 7.85. The van der Waals surface area contributed by atoms with Gasteiger partial charge in [-0.2, -0.15) is 8.42 Å². The first kappa shape index (κ1) is 40.7. The van der Waals surface area contributed by atoms with Crippen LogP contribution in [0.2, 0.25) is 0 Å². The molecule has 0 bridgehead atoms. The van der Waals surface area contributed by atoms with Gasteiger partial charge in [0.15, 0.2) is 0 Å². The molecule has 45 heavy (non-hydrogen) atoms. The first-order chi connectivity index (χ1) is 20.9. The summed E-state index contributed by atoms with van der Waals surface area (Å²) in [5.41, 5.74) is 6.05. The fourth-order valence-electron chi connectivity index (χ4n) is 5.85. The molecule has 0 saturated carbocycles. The van der Waals surface area contributed by atoms with Gasteiger partial charge in [-0.1, -0.05) is 54.9 Å². The molecule has 14 nitrogen and oxygen atoms in total. The summed E-state index contributed by atoms with van der Waals surface area (Å²) in [7, 11) is 1.26. The lowest BCUT2D eigenvalue weighted by Crippen LogP contribution is -2.59. The monoisotopic (exact) mass is 663 g/mol. The van der Waals surface area contributed by atoms with Gasteiger partial charge in [-0.15, -0.1) is 0 Å². The number of nitrogens with zero attached hydrogens (tertiary/aromatic N) is 2. The van der Waals surface area contributed by atoms with Crippen molar-refractivity contribution in [3.8, 4) is 0 Å². The fourth-order valence-corrected chi connectivity index (χ4v) is 6.36. The number of hydrogen-bond donors (Lipinski definition) is 3. The van der Waals surface area contributed by atoms with E-state index in [0.29, 0.717) is 25.8 Å². The van der Waals surface area contributed by atoms with Crippen LogP contribution in [0.4, 0.5) is 0 Å². The SMILES string of the molecule is CCC(C)C(C(CC(=O)N1CCCC1C(OC)C(C)C(=O)NS(=O)(=O)OC)OC)N(C)C(=O)C(NC(=O)C(N)C(C)C)C(C)C. The first-order valence-electron chi connectivity index (χ1n) is 15.7. The summed E-state index contributed by atoms with van der Waals surface area (Å²) in [6, 6.07) is -2.58. The van der Waals surface area contributed by atoms with E-state index in [9.17, 15) is 27.6 Å². The van der Waals surface area contributed by atoms with Crippen LogP contribution in [0, 0.1) is 23.7 Å². The standard InChI is InChI=1S/C30H57N5O9S/c1-12-19(6)26(34(8)30(39)25(18(4)5)32-29(38)24(31)17(2)3)22(42-9)16-23(36)35-15-13-14-21(35)27(43-10)20(7)28(37)33-45(40,41)44-11/h17-22,24-27H,12-16,31H2,1-11H3,(H,32,38)(H,33,37). The lowest BCUT2D eigenvalue weighted by atomic mass is 9.89. The quantitative estimate of drug-likeness (QED) is 0.191. The van der Waals surface area contributed by atoms with E-state index in [-0.39, 0.29) is 36.0 Å². The molecule has 0 spiro atoms. The number of nitrogens with one attached hydrogen (secondary N) is 2. The second-order valence-electron chi connectivity index (χ2n) is 12.7. The van der Waals surface area contributed by atoms with E-state index in [2.05, 4.69) is 9.50 Å². The third kappa shape index (κ3) is 10.9. The molecule has 15 heteroatoms. The molecule has 1 rings (SSSR count). The van der Waals surface area contributed by atoms with Gasteiger partial charge in [-0.3, -0.25) is 23.4 Å². The van der Waals surface area contributed by atoms with E-state index >= 15 is 0 Å². The minimum absolute atomic E-state index is 0.0500. The van der Waals surface area contributed by atoms with Gasteiger partial charge in [0.1, 0.15) is 6.04 Å². The predicted octanol–water partition coefficient (Wildman–Crippen LogP) is 1.04. The number of likely N-dealkylation sites (tertiary alicyclic amines) is 1. The van der Waals surface area contributed by atoms with E-state index in [1.54, 1.807) is 16.8 Å². The number of nitrogens with two attached hydrogens (primary N) is 1. The normalized spacial score (nSPS) is 20.2. The molecule has 0 aromatic rings. The Balaban J connectivity index is 3.25. The average molecular weight is 664 g/mol. The van der Waals surface area contributed by atoms with E-state index < -0.39 is 64.4 Å². The van der Waals surface area contributed by atoms with Crippen LogP contribution >= 0.6 is 0 Å². The summed E-state index contributed by atoms with van der Waals surface area (Å²) in [5, 5.41) is 2.83. The van der Waals surface area contributed by atoms with E-state index in [1.807, 2.05) is 46.3 Å². The third-order valence-electron chi connectivity index (χ3n) is 8.96. The maximum absolute atomic E-state index is 13.9. The number of carbonyl (C=O) groups is 4. The second-order valence-corrected chi connectivity index (χ2v) is 14.1. The number of hydrogen-bond acceptors (Lipinski definition) is 10. The molecule has 1 aliphatic rings. The Bertz CT molecular complexity index is 1100. The van der Waals surface area contributed by atoms with Crippen LogP contribution < -0.4 is 15.8 Å². The van der Waals surface area contributed by atoms with Crippen molar-refractivity contribution in [2.45, 2.75) is 111 Å². The molecule has 1 heterocycles. The average Bonchev–Trinajstić information content (AvgIpc) is 3.47. The highest BCUT2D eigenvalue weighted by Gasteiger charge is 2.43. The Labute approximate surface area is 269 Å². The van der Waals surface area contributed by atoms with Gasteiger partial charge >= 0.3 is 10.3 Å². The maximum Gasteiger partial charge on any atom is 0.361 e. The van der Waals surface area contributed by atoms with Crippen molar-refractivity contribution in [3.05, 3.63) is 0 Å². The number of carbonyl (C=O) groups excluding carboxylic acids is 4. The summed E-state index contributed by atoms with van der Waals surface area (Å²) in [5.74, 6) is -3.07. The lowest BCUT2D eigenvalue weighted by molar-refractivity contribution is -0.147. The zero-order valence-corrected chi connectivity index (χ0v) is 29.7. The molecule has 1 fully saturated rings. The topological polar surface area (TPSA) is 187 Å². The van der Waals surface area contributed by atoms with Gasteiger partial charge in [-0.25, -0.2) is 4.72 Å². The first-order valence-corrected chi connectivity index (χ1v) is 17.1. The van der Waals surface area contributed by atoms with Gasteiger partial charge in [0.2, 0.25) is 23.6 Å². The maximum atomic E-state index is 13.9. The van der Waals surface area contributed by atoms with Crippen LogP contribution in [0.15, 0.2) is 0 Å². The van der Waals surface area contributed by atoms with Crippen molar-refractivity contribution >= 4 is 33.9 Å². The van der Waals surface area contributed by atoms with Crippen molar-refractivity contribution in [2.24, 2.45) is 29.4 Å². The van der Waals surface area contributed by atoms with E-state index in [0.717, 1.165) is 7.11 Å². The van der Waals surface area contributed by atoms with Gasteiger partial charge in [0.05, 0.1) is 49.8 Å². The van der Waals surface area contributed by atoms with Crippen LogP contribution in [-0.4, -0.2) is 113 Å². The molecular formula is C30H57N5O9S. The van der Waals surface area contributed by atoms with Crippen LogP contribution in [0.3, 0.4) is 0 Å². The number of methoxy groups -OCH3 is 2. The molecule has 1 saturated heterocycles. The Morgan fingerprint density at radius 1 is 0.978 bits per heavy atom. The van der Waals surface area contributed by atoms with Crippen LogP contribution in [0.1, 0.15) is 74.1 Å². The Morgan fingerprint density at radius 2 is 1.58 bits per heavy atom. The fraction of sp³-hybridized carbons (Fsp3) is 0.867. The zero-order chi connectivity index (χ0) is 34.8. The van der Waals surface area contributed by atoms with Crippen LogP contribution in [0.5, 0.6) is 0 Å². The molecule has 0 radical (unpaired) electrons. The van der Waals surface area contributed by atoms with Crippen LogP contribution in [0.25, 0.3) is 0 Å². The molecule has 1 aliphatic heterocycles. The van der Waals surface area contributed by atoms with Crippen molar-refractivity contribution in [1.82, 2.24) is 19.8 Å². The molecule has 4 N–H and O–H groups in total. The zero-order valence-electron chi connectivity index (χ0n) is 28.9. The highest BCUT2D eigenvalue weighted by atomic mass is 32.2. The molecule has 8 atom stereocenters. The second kappa shape index (κ2) is 18.1. The number of rotatable bonds is 18. The van der Waals surface area contributed by atoms with Gasteiger partial charge < -0.3 is 30.3 Å². The minimum atomic E-state index is -4.25. The Morgan fingerprint density at radius 3 is 2.04 bits per heavy atom. The van der Waals surface area contributed by atoms with Crippen LogP contribution in [-0.2, 0) is 43.1 Å². The summed E-state index contributed by atoms with van der Waals surface area (Å²) >= 11 is 0. The van der Waals surface area contributed by atoms with Crippen molar-refractivity contribution in [2.75, 3.05) is 34.9 Å². The van der Waals surface area contributed by atoms with E-state index in [4.69, 9.17) is 15.2 Å². The van der Waals surface area contributed by atoms with Crippen molar-refractivity contribution in [1.29, 1.82) is 0 Å². The largest absolute Gasteiger partial charge is 0.379 e. The molecule has 0 aromatic carbocycles. The highest BCUT2D eigenvalue weighted by Crippen LogP contribution is 2.29. The van der Waals surface area contributed by atoms with Crippen molar-refractivity contribution < 1.29 is 41.3 Å². The summed E-state index contributed by atoms with van der Waals surface area (Å²) in [6.07, 6.45) is 0.399. The molecule has 262 valence electrons. The molecule has 8 unspecified atom stereocenters. The summed E-state index contributed by atoms with van der Waals surface area (Å²) in [4.78, 5) is 56.5. The summed E-state index contributed by atoms with van der Waals surface area (Å²) in [6.45, 7) is 13.3. The Hall–Kier alpha value is -2.33. The number of likely N-dealkylation sites (N-methyl/N-ethyl adjacent to an activating group) is 1. The number of ether oxygens (including phenoxy) is 2. The lowest BCUT2D eigenvalue weighted by Gasteiger charge is -2.41. The minimum Gasteiger partial charge on any atom is -0.379 e. The number of amides is 4. The van der Waals surface area contributed by atoms with E-state index in [1.165, 1.54) is 21.1 Å². The predicted molar refractivity (Wildman–Crippen MR) is 170 cm³/mol. The van der Waals surface area contributed by atoms with Gasteiger partial charge in [-0.05, 0) is 30.6 Å². The molecular weight excluding hydrogens is 606 g/mol. The van der Waals surface area contributed by atoms with Gasteiger partial charge in [0.25, 0.3) is 0 Å². The molecule has 0 aromatic heterocycles. The molecule has 0 aliphatic carbocycles. The van der Waals surface area contributed by atoms with Crippen molar-refractivity contribution in [3.63, 3.8) is 0 Å². The smallest absolute Gasteiger partial charge is 0.361 e. The van der Waals surface area contributed by atoms with Gasteiger partial charge in [0, 0.05) is 27.8 Å². The molecule has 4 amide bonds. The summed E-state index contributed by atoms with van der Waals surface area (Å²) < 4.78 is 41.3.